The van der Waals surface area contributed by atoms with Crippen LogP contribution in [0.5, 0.6) is 0 Å². The summed E-state index contributed by atoms with van der Waals surface area (Å²) in [5, 5.41) is 11.7. The van der Waals surface area contributed by atoms with Gasteiger partial charge in [-0.05, 0) is 35.7 Å². The summed E-state index contributed by atoms with van der Waals surface area (Å²) in [4.78, 5) is 10.4. The molecule has 0 spiro atoms. The Hall–Kier alpha value is -2.03. The maximum atomic E-state index is 10.4. The molecule has 0 aliphatic carbocycles. The van der Waals surface area contributed by atoms with Crippen LogP contribution in [0.1, 0.15) is 24.0 Å². The summed E-state index contributed by atoms with van der Waals surface area (Å²) in [6.45, 7) is 8.10. The summed E-state index contributed by atoms with van der Waals surface area (Å²) in [5.41, 5.74) is 2.99. The van der Waals surface area contributed by atoms with Crippen molar-refractivity contribution < 1.29 is 9.90 Å². The highest BCUT2D eigenvalue weighted by Crippen LogP contribution is 2.17. The quantitative estimate of drug-likeness (QED) is 0.708. The minimum Gasteiger partial charge on any atom is -0.481 e. The SMILES string of the molecule is C=Cc1cc(C=C)cc(NCCCC(=O)O)c1. The lowest BCUT2D eigenvalue weighted by Gasteiger charge is -2.08. The van der Waals surface area contributed by atoms with Gasteiger partial charge in [0.15, 0.2) is 0 Å². The number of nitrogens with one attached hydrogen (secondary N) is 1. The minimum atomic E-state index is -0.765. The molecular weight excluding hydrogens is 214 g/mol. The summed E-state index contributed by atoms with van der Waals surface area (Å²) < 4.78 is 0. The van der Waals surface area contributed by atoms with Crippen LogP contribution in [0.3, 0.4) is 0 Å². The van der Waals surface area contributed by atoms with Crippen molar-refractivity contribution in [3.63, 3.8) is 0 Å². The molecule has 0 bridgehead atoms. The summed E-state index contributed by atoms with van der Waals surface area (Å²) in [5.74, 6) is -0.765. The van der Waals surface area contributed by atoms with Gasteiger partial charge in [-0.1, -0.05) is 25.3 Å². The molecule has 2 N–H and O–H groups in total. The number of anilines is 1. The van der Waals surface area contributed by atoms with E-state index < -0.39 is 5.97 Å². The van der Waals surface area contributed by atoms with E-state index in [9.17, 15) is 4.79 Å². The molecule has 3 heteroatoms. The molecule has 0 heterocycles. The van der Waals surface area contributed by atoms with Gasteiger partial charge in [-0.3, -0.25) is 4.79 Å². The second-order valence-corrected chi connectivity index (χ2v) is 3.72. The fourth-order valence-corrected chi connectivity index (χ4v) is 1.49. The maximum Gasteiger partial charge on any atom is 0.303 e. The molecule has 0 saturated carbocycles. The van der Waals surface area contributed by atoms with E-state index in [4.69, 9.17) is 5.11 Å². The molecule has 1 aromatic carbocycles. The van der Waals surface area contributed by atoms with Crippen LogP contribution in [0.4, 0.5) is 5.69 Å². The third-order valence-corrected chi connectivity index (χ3v) is 2.35. The lowest BCUT2D eigenvalue weighted by Crippen LogP contribution is -2.05. The highest BCUT2D eigenvalue weighted by atomic mass is 16.4. The monoisotopic (exact) mass is 231 g/mol. The van der Waals surface area contributed by atoms with Gasteiger partial charge in [0, 0.05) is 18.7 Å². The zero-order chi connectivity index (χ0) is 12.7. The molecule has 1 rings (SSSR count). The Labute approximate surface area is 101 Å². The van der Waals surface area contributed by atoms with Crippen LogP contribution < -0.4 is 5.32 Å². The first-order valence-electron chi connectivity index (χ1n) is 5.51. The molecule has 0 saturated heterocycles. The highest BCUT2D eigenvalue weighted by molar-refractivity contribution is 5.67. The number of rotatable bonds is 7. The lowest BCUT2D eigenvalue weighted by molar-refractivity contribution is -0.137. The Morgan fingerprint density at radius 2 is 1.82 bits per heavy atom. The number of hydrogen-bond acceptors (Lipinski definition) is 2. The Morgan fingerprint density at radius 1 is 1.24 bits per heavy atom. The van der Waals surface area contributed by atoms with Gasteiger partial charge in [-0.15, -0.1) is 0 Å². The van der Waals surface area contributed by atoms with Crippen LogP contribution in [-0.2, 0) is 4.79 Å². The molecule has 3 nitrogen and oxygen atoms in total. The van der Waals surface area contributed by atoms with Crippen molar-refractivity contribution in [3.05, 3.63) is 42.5 Å². The molecule has 1 aromatic rings. The van der Waals surface area contributed by atoms with Gasteiger partial charge in [0.2, 0.25) is 0 Å². The van der Waals surface area contributed by atoms with E-state index >= 15 is 0 Å². The van der Waals surface area contributed by atoms with Crippen LogP contribution >= 0.6 is 0 Å². The molecule has 0 aliphatic rings. The van der Waals surface area contributed by atoms with Crippen LogP contribution in [-0.4, -0.2) is 17.6 Å². The van der Waals surface area contributed by atoms with Crippen LogP contribution in [0.2, 0.25) is 0 Å². The fourth-order valence-electron chi connectivity index (χ4n) is 1.49. The van der Waals surface area contributed by atoms with E-state index in [1.54, 1.807) is 12.2 Å². The smallest absolute Gasteiger partial charge is 0.303 e. The first-order valence-corrected chi connectivity index (χ1v) is 5.51. The second-order valence-electron chi connectivity index (χ2n) is 3.72. The summed E-state index contributed by atoms with van der Waals surface area (Å²) in [7, 11) is 0. The zero-order valence-electron chi connectivity index (χ0n) is 9.78. The number of aliphatic carboxylic acids is 1. The standard InChI is InChI=1S/C14H17NO2/c1-3-11-8-12(4-2)10-13(9-11)15-7-5-6-14(16)17/h3-4,8-10,15H,1-2,5-7H2,(H,16,17). The molecule has 0 aromatic heterocycles. The molecular formula is C14H17NO2. The van der Waals surface area contributed by atoms with Crippen molar-refractivity contribution in [2.24, 2.45) is 0 Å². The van der Waals surface area contributed by atoms with Crippen LogP contribution in [0.25, 0.3) is 12.2 Å². The van der Waals surface area contributed by atoms with Crippen LogP contribution in [0, 0.1) is 0 Å². The van der Waals surface area contributed by atoms with Gasteiger partial charge in [0.05, 0.1) is 0 Å². The van der Waals surface area contributed by atoms with E-state index in [1.165, 1.54) is 0 Å². The van der Waals surface area contributed by atoms with Crippen LogP contribution in [0.15, 0.2) is 31.4 Å². The average molecular weight is 231 g/mol. The minimum absolute atomic E-state index is 0.183. The fraction of sp³-hybridized carbons (Fsp3) is 0.214. The van der Waals surface area contributed by atoms with Gasteiger partial charge in [-0.25, -0.2) is 0 Å². The number of carboxylic acids is 1. The number of hydrogen-bond donors (Lipinski definition) is 2. The van der Waals surface area contributed by atoms with E-state index in [1.807, 2.05) is 18.2 Å². The number of carboxylic acid groups (broad SMARTS) is 1. The summed E-state index contributed by atoms with van der Waals surface area (Å²) in [6, 6.07) is 5.93. The second kappa shape index (κ2) is 6.53. The molecule has 17 heavy (non-hydrogen) atoms. The molecule has 0 unspecified atom stereocenters. The molecule has 0 aliphatic heterocycles. The van der Waals surface area contributed by atoms with Gasteiger partial charge in [-0.2, -0.15) is 0 Å². The number of benzene rings is 1. The predicted molar refractivity (Wildman–Crippen MR) is 72.0 cm³/mol. The van der Waals surface area contributed by atoms with Gasteiger partial charge >= 0.3 is 5.97 Å². The van der Waals surface area contributed by atoms with Gasteiger partial charge in [0.25, 0.3) is 0 Å². The number of carbonyl (C=O) groups is 1. The van der Waals surface area contributed by atoms with E-state index in [-0.39, 0.29) is 6.42 Å². The first kappa shape index (κ1) is 13.0. The maximum absolute atomic E-state index is 10.4. The van der Waals surface area contributed by atoms with Gasteiger partial charge in [0.1, 0.15) is 0 Å². The average Bonchev–Trinajstić information content (AvgIpc) is 2.34. The Kier molecular flexibility index (Phi) is 5.01. The molecule has 0 radical (unpaired) electrons. The highest BCUT2D eigenvalue weighted by Gasteiger charge is 1.99. The van der Waals surface area contributed by atoms with E-state index in [2.05, 4.69) is 18.5 Å². The largest absolute Gasteiger partial charge is 0.481 e. The van der Waals surface area contributed by atoms with Crippen molar-refractivity contribution >= 4 is 23.8 Å². The molecule has 90 valence electrons. The molecule has 0 fully saturated rings. The zero-order valence-corrected chi connectivity index (χ0v) is 9.78. The summed E-state index contributed by atoms with van der Waals surface area (Å²) in [6.07, 6.45) is 4.34. The predicted octanol–water partition coefficient (Wildman–Crippen LogP) is 3.25. The third-order valence-electron chi connectivity index (χ3n) is 2.35. The molecule has 0 atom stereocenters. The van der Waals surface area contributed by atoms with E-state index in [0.717, 1.165) is 16.8 Å². The van der Waals surface area contributed by atoms with Crippen molar-refractivity contribution in [2.75, 3.05) is 11.9 Å². The normalized spacial score (nSPS) is 9.65. The van der Waals surface area contributed by atoms with Gasteiger partial charge < -0.3 is 10.4 Å². The topological polar surface area (TPSA) is 49.3 Å². The van der Waals surface area contributed by atoms with Crippen molar-refractivity contribution in [3.8, 4) is 0 Å². The third kappa shape index (κ3) is 4.55. The molecule has 0 amide bonds. The van der Waals surface area contributed by atoms with Crippen molar-refractivity contribution in [1.82, 2.24) is 0 Å². The lowest BCUT2D eigenvalue weighted by atomic mass is 10.1. The summed E-state index contributed by atoms with van der Waals surface area (Å²) >= 11 is 0. The first-order chi connectivity index (χ1) is 8.15. The van der Waals surface area contributed by atoms with Crippen molar-refractivity contribution in [2.45, 2.75) is 12.8 Å². The Balaban J connectivity index is 2.60. The Bertz CT molecular complexity index is 398. The Morgan fingerprint density at radius 3 is 2.29 bits per heavy atom. The van der Waals surface area contributed by atoms with E-state index in [0.29, 0.717) is 13.0 Å². The van der Waals surface area contributed by atoms with Crippen molar-refractivity contribution in [1.29, 1.82) is 0 Å².